The number of halogens is 3. The van der Waals surface area contributed by atoms with E-state index < -0.39 is 6.04 Å². The Bertz CT molecular complexity index is 1140. The summed E-state index contributed by atoms with van der Waals surface area (Å²) < 4.78 is 0. The molecule has 1 N–H and O–H groups in total. The highest BCUT2D eigenvalue weighted by Crippen LogP contribution is 2.25. The second-order valence-corrected chi connectivity index (χ2v) is 9.60. The van der Waals surface area contributed by atoms with Gasteiger partial charge in [0.1, 0.15) is 6.04 Å². The number of carbonyl (C=O) groups excluding carboxylic acids is 2. The Morgan fingerprint density at radius 1 is 0.886 bits per heavy atom. The van der Waals surface area contributed by atoms with Gasteiger partial charge in [0.15, 0.2) is 0 Å². The van der Waals surface area contributed by atoms with Gasteiger partial charge in [0.2, 0.25) is 11.8 Å². The molecule has 0 aliphatic heterocycles. The van der Waals surface area contributed by atoms with Crippen molar-refractivity contribution < 1.29 is 9.59 Å². The molecule has 7 heteroatoms. The van der Waals surface area contributed by atoms with E-state index in [1.807, 2.05) is 61.5 Å². The molecule has 3 rings (SSSR count). The molecule has 184 valence electrons. The molecule has 0 bridgehead atoms. The third-order valence-electron chi connectivity index (χ3n) is 5.74. The van der Waals surface area contributed by atoms with Crippen LogP contribution in [0.4, 0.5) is 0 Å². The van der Waals surface area contributed by atoms with Crippen LogP contribution in [-0.2, 0) is 29.0 Å². The third kappa shape index (κ3) is 7.99. The molecule has 0 aliphatic rings. The Balaban J connectivity index is 1.93. The van der Waals surface area contributed by atoms with Gasteiger partial charge in [-0.3, -0.25) is 9.59 Å². The number of aryl methyl sites for hydroxylation is 1. The highest BCUT2D eigenvalue weighted by molar-refractivity contribution is 6.35. The lowest BCUT2D eigenvalue weighted by atomic mass is 10.0. The molecule has 0 fully saturated rings. The second kappa shape index (κ2) is 13.5. The molecule has 3 aromatic rings. The van der Waals surface area contributed by atoms with Crippen molar-refractivity contribution in [1.82, 2.24) is 10.2 Å². The van der Waals surface area contributed by atoms with Crippen molar-refractivity contribution >= 4 is 46.6 Å². The largest absolute Gasteiger partial charge is 0.354 e. The number of hydrogen-bond acceptors (Lipinski definition) is 2. The van der Waals surface area contributed by atoms with Crippen molar-refractivity contribution in [1.29, 1.82) is 0 Å². The number of amides is 2. The Kier molecular flexibility index (Phi) is 10.5. The number of carbonyl (C=O) groups is 2. The van der Waals surface area contributed by atoms with E-state index in [4.69, 9.17) is 34.8 Å². The van der Waals surface area contributed by atoms with Crippen LogP contribution in [0.2, 0.25) is 15.1 Å². The Morgan fingerprint density at radius 2 is 1.60 bits per heavy atom. The normalized spacial score (nSPS) is 11.7. The van der Waals surface area contributed by atoms with E-state index in [9.17, 15) is 9.59 Å². The molecular formula is C28H29Cl3N2O2. The molecular weight excluding hydrogens is 503 g/mol. The molecule has 0 heterocycles. The van der Waals surface area contributed by atoms with Gasteiger partial charge in [0, 0.05) is 41.0 Å². The van der Waals surface area contributed by atoms with Crippen LogP contribution in [0.3, 0.4) is 0 Å². The van der Waals surface area contributed by atoms with Gasteiger partial charge in [-0.05, 0) is 47.7 Å². The van der Waals surface area contributed by atoms with Crippen molar-refractivity contribution in [2.45, 2.75) is 45.2 Å². The molecule has 35 heavy (non-hydrogen) atoms. The SMILES string of the molecule is CCCNC(=O)[C@@H](Cc1ccccc1)N(Cc1ccc(Cl)cc1Cl)C(=O)CCc1ccccc1Cl. The van der Waals surface area contributed by atoms with Crippen LogP contribution in [-0.4, -0.2) is 29.3 Å². The summed E-state index contributed by atoms with van der Waals surface area (Å²) in [5.41, 5.74) is 2.58. The van der Waals surface area contributed by atoms with E-state index in [1.165, 1.54) is 0 Å². The Labute approximate surface area is 222 Å². The number of hydrogen-bond donors (Lipinski definition) is 1. The quantitative estimate of drug-likeness (QED) is 0.298. The van der Waals surface area contributed by atoms with Gasteiger partial charge in [-0.25, -0.2) is 0 Å². The van der Waals surface area contributed by atoms with E-state index in [0.29, 0.717) is 34.5 Å². The lowest BCUT2D eigenvalue weighted by molar-refractivity contribution is -0.141. The van der Waals surface area contributed by atoms with Gasteiger partial charge in [-0.15, -0.1) is 0 Å². The first-order chi connectivity index (χ1) is 16.9. The summed E-state index contributed by atoms with van der Waals surface area (Å²) in [5, 5.41) is 4.56. The smallest absolute Gasteiger partial charge is 0.243 e. The lowest BCUT2D eigenvalue weighted by Crippen LogP contribution is -2.50. The van der Waals surface area contributed by atoms with Gasteiger partial charge in [-0.1, -0.05) is 96.3 Å². The molecule has 0 saturated heterocycles. The molecule has 4 nitrogen and oxygen atoms in total. The minimum absolute atomic E-state index is 0.150. The van der Waals surface area contributed by atoms with E-state index in [2.05, 4.69) is 5.32 Å². The van der Waals surface area contributed by atoms with E-state index in [0.717, 1.165) is 23.1 Å². The first kappa shape index (κ1) is 27.1. The maximum Gasteiger partial charge on any atom is 0.243 e. The van der Waals surface area contributed by atoms with Crippen LogP contribution in [0.25, 0.3) is 0 Å². The van der Waals surface area contributed by atoms with Crippen molar-refractivity contribution in [3.05, 3.63) is 105 Å². The van der Waals surface area contributed by atoms with E-state index in [-0.39, 0.29) is 24.8 Å². The van der Waals surface area contributed by atoms with Crippen LogP contribution >= 0.6 is 34.8 Å². The van der Waals surface area contributed by atoms with Crippen LogP contribution in [0.1, 0.15) is 36.5 Å². The summed E-state index contributed by atoms with van der Waals surface area (Å²) in [6.07, 6.45) is 1.87. The summed E-state index contributed by atoms with van der Waals surface area (Å²) in [7, 11) is 0. The van der Waals surface area contributed by atoms with Gasteiger partial charge < -0.3 is 10.2 Å². The number of rotatable bonds is 11. The molecule has 0 spiro atoms. The number of nitrogens with one attached hydrogen (secondary N) is 1. The highest BCUT2D eigenvalue weighted by atomic mass is 35.5. The molecule has 0 unspecified atom stereocenters. The molecule has 3 aromatic carbocycles. The minimum atomic E-state index is -0.700. The molecule has 0 aliphatic carbocycles. The topological polar surface area (TPSA) is 49.4 Å². The number of nitrogens with zero attached hydrogens (tertiary/aromatic N) is 1. The standard InChI is InChI=1S/C28H29Cl3N2O2/c1-2-16-32-28(35)26(17-20-8-4-3-5-9-20)33(19-22-12-14-23(29)18-25(22)31)27(34)15-13-21-10-6-7-11-24(21)30/h3-12,14,18,26H,2,13,15-17,19H2,1H3,(H,32,35)/t26-/m1/s1. The van der Waals surface area contributed by atoms with E-state index in [1.54, 1.807) is 23.1 Å². The minimum Gasteiger partial charge on any atom is -0.354 e. The fraction of sp³-hybridized carbons (Fsp3) is 0.286. The molecule has 1 atom stereocenters. The summed E-state index contributed by atoms with van der Waals surface area (Å²) in [5.74, 6) is -0.338. The lowest BCUT2D eigenvalue weighted by Gasteiger charge is -2.32. The monoisotopic (exact) mass is 530 g/mol. The van der Waals surface area contributed by atoms with Gasteiger partial charge in [0.05, 0.1) is 0 Å². The average Bonchev–Trinajstić information content (AvgIpc) is 2.85. The van der Waals surface area contributed by atoms with Crippen molar-refractivity contribution in [3.63, 3.8) is 0 Å². The highest BCUT2D eigenvalue weighted by Gasteiger charge is 2.30. The zero-order valence-electron chi connectivity index (χ0n) is 19.6. The second-order valence-electron chi connectivity index (χ2n) is 8.35. The maximum absolute atomic E-state index is 13.7. The van der Waals surface area contributed by atoms with Crippen LogP contribution in [0, 0.1) is 0 Å². The molecule has 0 aromatic heterocycles. The van der Waals surface area contributed by atoms with E-state index >= 15 is 0 Å². The summed E-state index contributed by atoms with van der Waals surface area (Å²) in [6, 6.07) is 21.6. The summed E-state index contributed by atoms with van der Waals surface area (Å²) in [4.78, 5) is 28.6. The molecule has 2 amide bonds. The van der Waals surface area contributed by atoms with Crippen LogP contribution < -0.4 is 5.32 Å². The Morgan fingerprint density at radius 3 is 2.29 bits per heavy atom. The summed E-state index contributed by atoms with van der Waals surface area (Å²) >= 11 is 18.9. The zero-order chi connectivity index (χ0) is 25.2. The molecule has 0 radical (unpaired) electrons. The van der Waals surface area contributed by atoms with Gasteiger partial charge >= 0.3 is 0 Å². The zero-order valence-corrected chi connectivity index (χ0v) is 21.9. The van der Waals surface area contributed by atoms with Crippen molar-refractivity contribution in [2.24, 2.45) is 0 Å². The Hall–Kier alpha value is -2.53. The van der Waals surface area contributed by atoms with Crippen molar-refractivity contribution in [3.8, 4) is 0 Å². The predicted octanol–water partition coefficient (Wildman–Crippen LogP) is 6.75. The maximum atomic E-state index is 13.7. The average molecular weight is 532 g/mol. The number of benzene rings is 3. The first-order valence-corrected chi connectivity index (χ1v) is 12.8. The van der Waals surface area contributed by atoms with Crippen molar-refractivity contribution in [2.75, 3.05) is 6.54 Å². The fourth-order valence-electron chi connectivity index (χ4n) is 3.84. The molecule has 0 saturated carbocycles. The van der Waals surface area contributed by atoms with Crippen LogP contribution in [0.15, 0.2) is 72.8 Å². The first-order valence-electron chi connectivity index (χ1n) is 11.7. The third-order valence-corrected chi connectivity index (χ3v) is 6.70. The summed E-state index contributed by atoms with van der Waals surface area (Å²) in [6.45, 7) is 2.72. The van der Waals surface area contributed by atoms with Gasteiger partial charge in [-0.2, -0.15) is 0 Å². The van der Waals surface area contributed by atoms with Crippen LogP contribution in [0.5, 0.6) is 0 Å². The van der Waals surface area contributed by atoms with Gasteiger partial charge in [0.25, 0.3) is 0 Å². The predicted molar refractivity (Wildman–Crippen MR) is 144 cm³/mol. The fourth-order valence-corrected chi connectivity index (χ4v) is 4.54.